The Morgan fingerprint density at radius 1 is 1.24 bits per heavy atom. The van der Waals surface area contributed by atoms with E-state index in [0.717, 1.165) is 11.3 Å². The molecule has 0 spiro atoms. The lowest BCUT2D eigenvalue weighted by Gasteiger charge is -2.09. The van der Waals surface area contributed by atoms with Gasteiger partial charge in [0.15, 0.2) is 0 Å². The van der Waals surface area contributed by atoms with Gasteiger partial charge in [-0.15, -0.1) is 0 Å². The SMILES string of the molecule is COCC(O)CCNCc1ccc(-c2ccc(F)cc2)o1. The number of methoxy groups -OCH3 is 1. The molecule has 0 fully saturated rings. The minimum Gasteiger partial charge on any atom is -0.460 e. The van der Waals surface area contributed by atoms with E-state index in [1.54, 1.807) is 19.2 Å². The number of hydrogen-bond donors (Lipinski definition) is 2. The van der Waals surface area contributed by atoms with Gasteiger partial charge in [-0.1, -0.05) is 0 Å². The van der Waals surface area contributed by atoms with E-state index >= 15 is 0 Å². The van der Waals surface area contributed by atoms with Gasteiger partial charge in [-0.25, -0.2) is 4.39 Å². The Balaban J connectivity index is 1.79. The molecule has 0 saturated heterocycles. The highest BCUT2D eigenvalue weighted by molar-refractivity contribution is 5.57. The Bertz CT molecular complexity index is 539. The van der Waals surface area contributed by atoms with Crippen LogP contribution in [0.3, 0.4) is 0 Å². The third-order valence-corrected chi connectivity index (χ3v) is 3.10. The number of hydrogen-bond acceptors (Lipinski definition) is 4. The second kappa shape index (κ2) is 7.93. The van der Waals surface area contributed by atoms with Crippen molar-refractivity contribution in [1.82, 2.24) is 5.32 Å². The van der Waals surface area contributed by atoms with E-state index in [1.165, 1.54) is 12.1 Å². The zero-order chi connectivity index (χ0) is 15.1. The summed E-state index contributed by atoms with van der Waals surface area (Å²) in [6.07, 6.45) is 0.174. The van der Waals surface area contributed by atoms with Crippen LogP contribution in [0.2, 0.25) is 0 Å². The van der Waals surface area contributed by atoms with E-state index < -0.39 is 6.10 Å². The molecule has 2 aromatic rings. The van der Waals surface area contributed by atoms with Gasteiger partial charge in [0.1, 0.15) is 17.3 Å². The molecular formula is C16H20FNO3. The van der Waals surface area contributed by atoms with Crippen molar-refractivity contribution in [3.8, 4) is 11.3 Å². The Kier molecular flexibility index (Phi) is 5.92. The van der Waals surface area contributed by atoms with Crippen molar-refractivity contribution in [2.24, 2.45) is 0 Å². The van der Waals surface area contributed by atoms with Gasteiger partial charge >= 0.3 is 0 Å². The molecule has 0 aliphatic carbocycles. The Morgan fingerprint density at radius 3 is 2.71 bits per heavy atom. The number of nitrogens with one attached hydrogen (secondary N) is 1. The summed E-state index contributed by atoms with van der Waals surface area (Å²) < 4.78 is 23.4. The molecule has 0 saturated carbocycles. The van der Waals surface area contributed by atoms with E-state index in [2.05, 4.69) is 5.32 Å². The molecule has 0 aliphatic rings. The zero-order valence-corrected chi connectivity index (χ0v) is 12.0. The lowest BCUT2D eigenvalue weighted by atomic mass is 10.2. The van der Waals surface area contributed by atoms with Crippen molar-refractivity contribution in [3.63, 3.8) is 0 Å². The van der Waals surface area contributed by atoms with Crippen molar-refractivity contribution >= 4 is 0 Å². The number of aliphatic hydroxyl groups is 1. The average molecular weight is 293 g/mol. The van der Waals surface area contributed by atoms with E-state index in [1.807, 2.05) is 12.1 Å². The summed E-state index contributed by atoms with van der Waals surface area (Å²) in [7, 11) is 1.57. The fourth-order valence-electron chi connectivity index (χ4n) is 2.00. The predicted molar refractivity (Wildman–Crippen MR) is 78.3 cm³/mol. The summed E-state index contributed by atoms with van der Waals surface area (Å²) in [5.74, 6) is 1.25. The molecule has 0 bridgehead atoms. The van der Waals surface area contributed by atoms with Crippen molar-refractivity contribution in [2.75, 3.05) is 20.3 Å². The molecule has 1 unspecified atom stereocenters. The summed E-state index contributed by atoms with van der Waals surface area (Å²) in [6.45, 7) is 1.61. The molecule has 0 amide bonds. The summed E-state index contributed by atoms with van der Waals surface area (Å²) in [5, 5.41) is 12.7. The monoisotopic (exact) mass is 293 g/mol. The van der Waals surface area contributed by atoms with Gasteiger partial charge in [0, 0.05) is 12.7 Å². The third kappa shape index (κ3) is 4.97. The zero-order valence-electron chi connectivity index (χ0n) is 12.0. The first-order chi connectivity index (χ1) is 10.2. The Labute approximate surface area is 123 Å². The van der Waals surface area contributed by atoms with Crippen LogP contribution in [0.1, 0.15) is 12.2 Å². The molecule has 0 aliphatic heterocycles. The first-order valence-electron chi connectivity index (χ1n) is 6.91. The highest BCUT2D eigenvalue weighted by Crippen LogP contribution is 2.22. The maximum atomic E-state index is 12.9. The maximum absolute atomic E-state index is 12.9. The number of aliphatic hydroxyl groups excluding tert-OH is 1. The van der Waals surface area contributed by atoms with E-state index in [-0.39, 0.29) is 5.82 Å². The largest absolute Gasteiger partial charge is 0.460 e. The summed E-state index contributed by atoms with van der Waals surface area (Å²) >= 11 is 0. The third-order valence-electron chi connectivity index (χ3n) is 3.10. The smallest absolute Gasteiger partial charge is 0.134 e. The van der Waals surface area contributed by atoms with Gasteiger partial charge in [0.2, 0.25) is 0 Å². The molecule has 1 atom stereocenters. The van der Waals surface area contributed by atoms with Gasteiger partial charge in [-0.3, -0.25) is 0 Å². The summed E-state index contributed by atoms with van der Waals surface area (Å²) in [5.41, 5.74) is 0.846. The quantitative estimate of drug-likeness (QED) is 0.735. The van der Waals surface area contributed by atoms with Crippen LogP contribution >= 0.6 is 0 Å². The first kappa shape index (κ1) is 15.7. The topological polar surface area (TPSA) is 54.6 Å². The van der Waals surface area contributed by atoms with Crippen LogP contribution in [-0.4, -0.2) is 31.5 Å². The highest BCUT2D eigenvalue weighted by atomic mass is 19.1. The van der Waals surface area contributed by atoms with Gasteiger partial charge in [-0.2, -0.15) is 0 Å². The second-order valence-electron chi connectivity index (χ2n) is 4.85. The molecule has 1 aromatic carbocycles. The van der Waals surface area contributed by atoms with Crippen LogP contribution in [0.25, 0.3) is 11.3 Å². The van der Waals surface area contributed by atoms with Crippen molar-refractivity contribution in [1.29, 1.82) is 0 Å². The van der Waals surface area contributed by atoms with Crippen LogP contribution in [0.15, 0.2) is 40.8 Å². The van der Waals surface area contributed by atoms with Crippen molar-refractivity contribution in [2.45, 2.75) is 19.1 Å². The van der Waals surface area contributed by atoms with Gasteiger partial charge in [0.05, 0.1) is 19.3 Å². The first-order valence-corrected chi connectivity index (χ1v) is 6.91. The highest BCUT2D eigenvalue weighted by Gasteiger charge is 2.06. The fourth-order valence-corrected chi connectivity index (χ4v) is 2.00. The molecule has 2 rings (SSSR count). The molecule has 5 heteroatoms. The van der Waals surface area contributed by atoms with Crippen molar-refractivity contribution < 1.29 is 18.7 Å². The second-order valence-corrected chi connectivity index (χ2v) is 4.85. The minimum atomic E-state index is -0.450. The van der Waals surface area contributed by atoms with E-state index in [4.69, 9.17) is 9.15 Å². The lowest BCUT2D eigenvalue weighted by Crippen LogP contribution is -2.22. The van der Waals surface area contributed by atoms with Gasteiger partial charge < -0.3 is 19.6 Å². The molecule has 4 nitrogen and oxygen atoms in total. The number of benzene rings is 1. The number of ether oxygens (including phenoxy) is 1. The van der Waals surface area contributed by atoms with Crippen molar-refractivity contribution in [3.05, 3.63) is 48.0 Å². The average Bonchev–Trinajstić information content (AvgIpc) is 2.93. The molecule has 1 aromatic heterocycles. The Morgan fingerprint density at radius 2 is 2.00 bits per heavy atom. The molecule has 21 heavy (non-hydrogen) atoms. The van der Waals surface area contributed by atoms with E-state index in [9.17, 15) is 9.50 Å². The maximum Gasteiger partial charge on any atom is 0.134 e. The molecule has 114 valence electrons. The molecular weight excluding hydrogens is 273 g/mol. The van der Waals surface area contributed by atoms with E-state index in [0.29, 0.717) is 31.9 Å². The number of furan rings is 1. The van der Waals surface area contributed by atoms with Gasteiger partial charge in [0.25, 0.3) is 0 Å². The number of halogens is 1. The summed E-state index contributed by atoms with van der Waals surface area (Å²) in [4.78, 5) is 0. The minimum absolute atomic E-state index is 0.262. The molecule has 0 radical (unpaired) electrons. The Hall–Kier alpha value is -1.69. The predicted octanol–water partition coefficient (Wildman–Crippen LogP) is 2.57. The van der Waals surface area contributed by atoms with Crippen LogP contribution in [0.5, 0.6) is 0 Å². The fraction of sp³-hybridized carbons (Fsp3) is 0.375. The lowest BCUT2D eigenvalue weighted by molar-refractivity contribution is 0.0593. The van der Waals surface area contributed by atoms with Crippen LogP contribution in [0.4, 0.5) is 4.39 Å². The molecule has 2 N–H and O–H groups in total. The van der Waals surface area contributed by atoms with Crippen LogP contribution < -0.4 is 5.32 Å². The standard InChI is InChI=1S/C16H20FNO3/c1-20-11-14(19)8-9-18-10-15-6-7-16(21-15)12-2-4-13(17)5-3-12/h2-7,14,18-19H,8-11H2,1H3. The number of rotatable bonds is 8. The van der Waals surface area contributed by atoms with Gasteiger partial charge in [-0.05, 0) is 49.4 Å². The van der Waals surface area contributed by atoms with Crippen LogP contribution in [0, 0.1) is 5.82 Å². The normalized spacial score (nSPS) is 12.5. The van der Waals surface area contributed by atoms with Crippen LogP contribution in [-0.2, 0) is 11.3 Å². The summed E-state index contributed by atoms with van der Waals surface area (Å²) in [6, 6.07) is 9.94. The molecule has 1 heterocycles.